The number of aromatic nitrogens is 1. The molecule has 0 amide bonds. The van der Waals surface area contributed by atoms with Gasteiger partial charge >= 0.3 is 6.97 Å². The number of hydrogen-bond acceptors (Lipinski definition) is 2. The molecule has 2 nitrogen and oxygen atoms in total. The summed E-state index contributed by atoms with van der Waals surface area (Å²) in [6.45, 7) is 3.57. The fourth-order valence-electron chi connectivity index (χ4n) is 4.54. The topological polar surface area (TPSA) is 7.94 Å². The van der Waals surface area contributed by atoms with Gasteiger partial charge in [-0.1, -0.05) is 6.07 Å². The molecule has 3 aromatic heterocycles. The Labute approximate surface area is 209 Å². The van der Waals surface area contributed by atoms with E-state index in [9.17, 15) is 0 Å². The van der Waals surface area contributed by atoms with Crippen LogP contribution in [0.15, 0.2) is 44.5 Å². The van der Waals surface area contributed by atoms with E-state index in [-0.39, 0.29) is 0 Å². The van der Waals surface area contributed by atoms with E-state index in [1.165, 1.54) is 18.7 Å². The van der Waals surface area contributed by atoms with Crippen molar-refractivity contribution < 1.29 is 13.1 Å². The van der Waals surface area contributed by atoms with Crippen LogP contribution in [-0.4, -0.2) is 21.6 Å². The largest absolute Gasteiger partial charge is 0.737 e. The van der Waals surface area contributed by atoms with Gasteiger partial charge in [0.25, 0.3) is 0 Å². The van der Waals surface area contributed by atoms with Gasteiger partial charge in [0.15, 0.2) is 5.70 Å². The maximum atomic E-state index is 16.0. The van der Waals surface area contributed by atoms with Crippen molar-refractivity contribution in [3.05, 3.63) is 69.9 Å². The molecule has 154 valence electrons. The molecule has 0 atom stereocenters. The summed E-state index contributed by atoms with van der Waals surface area (Å²) in [5.41, 5.74) is 5.35. The highest BCUT2D eigenvalue weighted by atomic mass is 127. The lowest BCUT2D eigenvalue weighted by Gasteiger charge is -2.33. The molecule has 0 N–H and O–H groups in total. The zero-order valence-electron chi connectivity index (χ0n) is 16.7. The SMILES string of the molecule is CC1=C(I)C(C)=[N+]2C1=C(c1ccc(-c3cccs3)s1)c1c(C)c(I)c(C)n1[B-]2(F)F. The first-order valence-corrected chi connectivity index (χ1v) is 13.3. The number of thiophene rings is 2. The van der Waals surface area contributed by atoms with Gasteiger partial charge in [-0.3, -0.25) is 0 Å². The van der Waals surface area contributed by atoms with Crippen molar-refractivity contribution in [1.29, 1.82) is 0 Å². The van der Waals surface area contributed by atoms with Gasteiger partial charge in [0, 0.05) is 36.4 Å². The number of rotatable bonds is 2. The second-order valence-electron chi connectivity index (χ2n) is 7.59. The van der Waals surface area contributed by atoms with Crippen LogP contribution in [0.1, 0.15) is 35.7 Å². The van der Waals surface area contributed by atoms with E-state index in [1.807, 2.05) is 19.9 Å². The molecular formula is C21H17BF2I2N2S2. The van der Waals surface area contributed by atoms with Crippen molar-refractivity contribution in [1.82, 2.24) is 4.48 Å². The van der Waals surface area contributed by atoms with E-state index in [4.69, 9.17) is 0 Å². The van der Waals surface area contributed by atoms with Gasteiger partial charge < -0.3 is 17.6 Å². The summed E-state index contributed by atoms with van der Waals surface area (Å²) in [4.78, 5) is 3.40. The molecule has 0 saturated heterocycles. The van der Waals surface area contributed by atoms with Crippen molar-refractivity contribution in [2.75, 3.05) is 0 Å². The normalized spacial score (nSPS) is 17.9. The Hall–Kier alpha value is -0.785. The highest BCUT2D eigenvalue weighted by Crippen LogP contribution is 2.49. The number of hydrogen-bond donors (Lipinski definition) is 0. The van der Waals surface area contributed by atoms with Crippen LogP contribution >= 0.6 is 67.9 Å². The van der Waals surface area contributed by atoms with Crippen LogP contribution in [0, 0.1) is 17.4 Å². The molecular weight excluding hydrogens is 647 g/mol. The lowest BCUT2D eigenvalue weighted by molar-refractivity contribution is -0.363. The fraction of sp³-hybridized carbons (Fsp3) is 0.190. The molecule has 0 aliphatic carbocycles. The van der Waals surface area contributed by atoms with Gasteiger partial charge in [0.05, 0.1) is 9.15 Å². The van der Waals surface area contributed by atoms with Crippen LogP contribution in [0.3, 0.4) is 0 Å². The quantitative estimate of drug-likeness (QED) is 0.196. The smallest absolute Gasteiger partial charge is 0.392 e. The van der Waals surface area contributed by atoms with E-state index in [2.05, 4.69) is 68.8 Å². The summed E-state index contributed by atoms with van der Waals surface area (Å²) in [5.74, 6) is 0. The Morgan fingerprint density at radius 2 is 1.70 bits per heavy atom. The van der Waals surface area contributed by atoms with E-state index < -0.39 is 6.97 Å². The van der Waals surface area contributed by atoms with Crippen LogP contribution in [0.5, 0.6) is 0 Å². The van der Waals surface area contributed by atoms with E-state index in [1.54, 1.807) is 36.5 Å². The Morgan fingerprint density at radius 1 is 1.00 bits per heavy atom. The van der Waals surface area contributed by atoms with E-state index in [0.29, 0.717) is 22.8 Å². The molecule has 3 aromatic rings. The maximum absolute atomic E-state index is 16.0. The van der Waals surface area contributed by atoms with Crippen LogP contribution in [0.4, 0.5) is 8.63 Å². The predicted molar refractivity (Wildman–Crippen MR) is 141 cm³/mol. The number of allylic oxidation sites excluding steroid dienone is 2. The third-order valence-electron chi connectivity index (χ3n) is 5.92. The summed E-state index contributed by atoms with van der Waals surface area (Å²) in [6, 6.07) is 8.34. The molecule has 5 heterocycles. The van der Waals surface area contributed by atoms with Crippen molar-refractivity contribution in [3.8, 4) is 9.75 Å². The van der Waals surface area contributed by atoms with Crippen molar-refractivity contribution in [3.63, 3.8) is 0 Å². The van der Waals surface area contributed by atoms with Crippen LogP contribution in [-0.2, 0) is 0 Å². The Morgan fingerprint density at radius 3 is 2.37 bits per heavy atom. The highest BCUT2D eigenvalue weighted by Gasteiger charge is 2.56. The minimum absolute atomic E-state index is 0.632. The minimum Gasteiger partial charge on any atom is -0.392 e. The van der Waals surface area contributed by atoms with Crippen LogP contribution < -0.4 is 0 Å². The molecule has 0 unspecified atom stereocenters. The Balaban J connectivity index is 1.89. The first-order chi connectivity index (χ1) is 14.2. The van der Waals surface area contributed by atoms with Crippen LogP contribution in [0.2, 0.25) is 0 Å². The average molecular weight is 664 g/mol. The highest BCUT2D eigenvalue weighted by molar-refractivity contribution is 14.1. The molecule has 30 heavy (non-hydrogen) atoms. The standard InChI is InChI=1S/C21H17BF2I2N2S2/c1-10-18(25)12(3)27-20(10)17(16-8-7-15(30-16)14-6-5-9-29-14)21-11(2)19(26)13(4)28(21)22(27,23)24/h5-9H,1-4H3. The van der Waals surface area contributed by atoms with Crippen molar-refractivity contribution in [2.24, 2.45) is 0 Å². The summed E-state index contributed by atoms with van der Waals surface area (Å²) in [5, 5.41) is 2.06. The summed E-state index contributed by atoms with van der Waals surface area (Å²) in [7, 11) is 0. The third kappa shape index (κ3) is 2.70. The number of fused-ring (bicyclic) bond motifs is 2. The third-order valence-corrected chi connectivity index (χ3v) is 11.3. The first kappa shape index (κ1) is 21.1. The monoisotopic (exact) mass is 664 g/mol. The first-order valence-electron chi connectivity index (χ1n) is 9.44. The molecule has 2 aliphatic rings. The van der Waals surface area contributed by atoms with Crippen LogP contribution in [0.25, 0.3) is 15.3 Å². The van der Waals surface area contributed by atoms with Gasteiger partial charge in [-0.2, -0.15) is 0 Å². The zero-order chi connectivity index (χ0) is 21.5. The van der Waals surface area contributed by atoms with Crippen molar-refractivity contribution in [2.45, 2.75) is 27.7 Å². The summed E-state index contributed by atoms with van der Waals surface area (Å²) in [6.07, 6.45) is 0. The molecule has 2 aliphatic heterocycles. The van der Waals surface area contributed by atoms with Gasteiger partial charge in [0.1, 0.15) is 5.71 Å². The lowest BCUT2D eigenvalue weighted by atomic mass is 9.85. The molecule has 5 rings (SSSR count). The van der Waals surface area contributed by atoms with Gasteiger partial charge in [-0.25, -0.2) is 0 Å². The predicted octanol–water partition coefficient (Wildman–Crippen LogP) is 7.69. The fourth-order valence-corrected chi connectivity index (χ4v) is 7.45. The lowest BCUT2D eigenvalue weighted by Crippen LogP contribution is -2.51. The van der Waals surface area contributed by atoms with E-state index in [0.717, 1.165) is 28.7 Å². The zero-order valence-corrected chi connectivity index (χ0v) is 22.6. The molecule has 0 fully saturated rings. The summed E-state index contributed by atoms with van der Waals surface area (Å²) < 4.78 is 36.4. The van der Waals surface area contributed by atoms with Crippen molar-refractivity contribution >= 4 is 86.1 Å². The Bertz CT molecular complexity index is 1330. The molecule has 0 saturated carbocycles. The molecule has 0 aromatic carbocycles. The molecule has 0 spiro atoms. The van der Waals surface area contributed by atoms with Gasteiger partial charge in [0.2, 0.25) is 0 Å². The minimum atomic E-state index is -3.96. The average Bonchev–Trinajstić information content (AvgIpc) is 3.46. The number of halogens is 4. The second kappa shape index (κ2) is 7.11. The van der Waals surface area contributed by atoms with Gasteiger partial charge in [-0.15, -0.1) is 22.7 Å². The molecule has 0 radical (unpaired) electrons. The van der Waals surface area contributed by atoms with E-state index >= 15 is 8.63 Å². The number of nitrogens with zero attached hydrogens (tertiary/aromatic N) is 2. The van der Waals surface area contributed by atoms with Gasteiger partial charge in [-0.05, 0) is 101 Å². The molecule has 9 heteroatoms. The maximum Gasteiger partial charge on any atom is 0.737 e. The Kier molecular flexibility index (Phi) is 5.00. The molecule has 0 bridgehead atoms. The second-order valence-corrected chi connectivity index (χ2v) is 11.8. The summed E-state index contributed by atoms with van der Waals surface area (Å²) >= 11 is 7.79.